The second-order valence-corrected chi connectivity index (χ2v) is 6.72. The number of piperidine rings is 1. The van der Waals surface area contributed by atoms with Crippen molar-refractivity contribution in [3.8, 4) is 0 Å². The number of nitrogens with one attached hydrogen (secondary N) is 1. The lowest BCUT2D eigenvalue weighted by Crippen LogP contribution is -2.49. The van der Waals surface area contributed by atoms with Crippen LogP contribution in [0.25, 0.3) is 0 Å². The van der Waals surface area contributed by atoms with Gasteiger partial charge in [0.05, 0.1) is 13.0 Å². The van der Waals surface area contributed by atoms with Gasteiger partial charge in [0.1, 0.15) is 0 Å². The zero-order chi connectivity index (χ0) is 14.5. The highest BCUT2D eigenvalue weighted by Crippen LogP contribution is 2.12. The lowest BCUT2D eigenvalue weighted by Gasteiger charge is -2.32. The summed E-state index contributed by atoms with van der Waals surface area (Å²) in [4.78, 5) is 13.5. The van der Waals surface area contributed by atoms with E-state index in [1.54, 1.807) is 12.0 Å². The van der Waals surface area contributed by atoms with Crippen LogP contribution in [0.3, 0.4) is 0 Å². The summed E-state index contributed by atoms with van der Waals surface area (Å²) in [5.41, 5.74) is 0. The zero-order valence-corrected chi connectivity index (χ0v) is 12.6. The molecule has 0 atom stereocenters. The molecule has 1 rings (SSSR count). The third-order valence-electron chi connectivity index (χ3n) is 3.16. The molecule has 1 aliphatic rings. The molecular weight excluding hydrogens is 270 g/mol. The first-order chi connectivity index (χ1) is 8.86. The molecule has 112 valence electrons. The van der Waals surface area contributed by atoms with Gasteiger partial charge in [-0.15, -0.1) is 0 Å². The minimum atomic E-state index is -3.39. The van der Waals surface area contributed by atoms with Gasteiger partial charge in [0.2, 0.25) is 5.91 Å². The van der Waals surface area contributed by atoms with Crippen LogP contribution in [0.5, 0.6) is 0 Å². The van der Waals surface area contributed by atoms with Gasteiger partial charge < -0.3 is 9.64 Å². The van der Waals surface area contributed by atoms with Crippen molar-refractivity contribution in [1.29, 1.82) is 0 Å². The Balaban J connectivity index is 2.39. The molecule has 7 nitrogen and oxygen atoms in total. The minimum Gasteiger partial charge on any atom is -0.384 e. The SMILES string of the molecule is COCCC(=O)N1CCC(NS(=O)(=O)N(C)C)CC1. The van der Waals surface area contributed by atoms with Crippen molar-refractivity contribution in [2.75, 3.05) is 40.9 Å². The fourth-order valence-electron chi connectivity index (χ4n) is 1.91. The average molecular weight is 293 g/mol. The fraction of sp³-hybridized carbons (Fsp3) is 0.909. The van der Waals surface area contributed by atoms with E-state index in [9.17, 15) is 13.2 Å². The normalized spacial score (nSPS) is 18.0. The Morgan fingerprint density at radius 2 is 1.95 bits per heavy atom. The van der Waals surface area contributed by atoms with Gasteiger partial charge in [0, 0.05) is 40.3 Å². The van der Waals surface area contributed by atoms with Crippen LogP contribution in [0.1, 0.15) is 19.3 Å². The van der Waals surface area contributed by atoms with Crippen LogP contribution in [-0.4, -0.2) is 70.5 Å². The molecule has 0 aromatic rings. The van der Waals surface area contributed by atoms with Gasteiger partial charge in [-0.3, -0.25) is 4.79 Å². The molecule has 0 bridgehead atoms. The van der Waals surface area contributed by atoms with Crippen molar-refractivity contribution in [2.45, 2.75) is 25.3 Å². The Kier molecular flexibility index (Phi) is 6.18. The van der Waals surface area contributed by atoms with Crippen LogP contribution < -0.4 is 4.72 Å². The fourth-order valence-corrected chi connectivity index (χ4v) is 2.78. The molecule has 0 radical (unpaired) electrons. The van der Waals surface area contributed by atoms with E-state index in [4.69, 9.17) is 4.74 Å². The number of carbonyl (C=O) groups excluding carboxylic acids is 1. The number of likely N-dealkylation sites (tertiary alicyclic amines) is 1. The Morgan fingerprint density at radius 3 is 2.42 bits per heavy atom. The largest absolute Gasteiger partial charge is 0.384 e. The third-order valence-corrected chi connectivity index (χ3v) is 4.76. The van der Waals surface area contributed by atoms with E-state index in [-0.39, 0.29) is 11.9 Å². The van der Waals surface area contributed by atoms with Gasteiger partial charge in [-0.05, 0) is 12.8 Å². The smallest absolute Gasteiger partial charge is 0.279 e. The highest BCUT2D eigenvalue weighted by molar-refractivity contribution is 7.87. The first kappa shape index (κ1) is 16.4. The maximum absolute atomic E-state index is 11.8. The number of rotatable bonds is 6. The maximum atomic E-state index is 11.8. The number of nitrogens with zero attached hydrogens (tertiary/aromatic N) is 2. The summed E-state index contributed by atoms with van der Waals surface area (Å²) in [6.07, 6.45) is 1.67. The average Bonchev–Trinajstić information content (AvgIpc) is 2.36. The van der Waals surface area contributed by atoms with Crippen molar-refractivity contribution in [3.05, 3.63) is 0 Å². The number of carbonyl (C=O) groups is 1. The lowest BCUT2D eigenvalue weighted by atomic mass is 10.1. The third kappa shape index (κ3) is 5.06. The number of hydrogen-bond acceptors (Lipinski definition) is 4. The first-order valence-electron chi connectivity index (χ1n) is 6.33. The van der Waals surface area contributed by atoms with Gasteiger partial charge >= 0.3 is 0 Å². The van der Waals surface area contributed by atoms with Gasteiger partial charge in [0.25, 0.3) is 10.2 Å². The summed E-state index contributed by atoms with van der Waals surface area (Å²) < 4.78 is 32.0. The predicted octanol–water partition coefficient (Wildman–Crippen LogP) is -0.590. The number of ether oxygens (including phenoxy) is 1. The maximum Gasteiger partial charge on any atom is 0.279 e. The van der Waals surface area contributed by atoms with E-state index >= 15 is 0 Å². The molecule has 1 amide bonds. The van der Waals surface area contributed by atoms with Crippen LogP contribution in [0.2, 0.25) is 0 Å². The van der Waals surface area contributed by atoms with Crippen molar-refractivity contribution < 1.29 is 17.9 Å². The summed E-state index contributed by atoms with van der Waals surface area (Å²) in [5.74, 6) is 0.0655. The highest BCUT2D eigenvalue weighted by atomic mass is 32.2. The second-order valence-electron chi connectivity index (χ2n) is 4.80. The molecule has 0 saturated carbocycles. The molecule has 0 aliphatic carbocycles. The lowest BCUT2D eigenvalue weighted by molar-refractivity contribution is -0.133. The molecule has 0 aromatic heterocycles. The highest BCUT2D eigenvalue weighted by Gasteiger charge is 2.26. The predicted molar refractivity (Wildman–Crippen MR) is 71.8 cm³/mol. The molecule has 19 heavy (non-hydrogen) atoms. The van der Waals surface area contributed by atoms with Crippen LogP contribution >= 0.6 is 0 Å². The number of methoxy groups -OCH3 is 1. The Hall–Kier alpha value is -0.700. The van der Waals surface area contributed by atoms with Crippen LogP contribution in [0.4, 0.5) is 0 Å². The molecule has 0 aromatic carbocycles. The zero-order valence-electron chi connectivity index (χ0n) is 11.8. The molecule has 0 spiro atoms. The quantitative estimate of drug-likeness (QED) is 0.710. The van der Waals surface area contributed by atoms with Crippen LogP contribution in [0, 0.1) is 0 Å². The molecular formula is C11H23N3O4S. The van der Waals surface area contributed by atoms with E-state index < -0.39 is 10.2 Å². The van der Waals surface area contributed by atoms with E-state index in [0.717, 1.165) is 4.31 Å². The van der Waals surface area contributed by atoms with E-state index in [1.165, 1.54) is 14.1 Å². The van der Waals surface area contributed by atoms with Crippen molar-refractivity contribution in [3.63, 3.8) is 0 Å². The van der Waals surface area contributed by atoms with E-state index in [1.807, 2.05) is 0 Å². The molecule has 1 aliphatic heterocycles. The monoisotopic (exact) mass is 293 g/mol. The van der Waals surface area contributed by atoms with Gasteiger partial charge in [-0.2, -0.15) is 17.4 Å². The summed E-state index contributed by atoms with van der Waals surface area (Å²) in [7, 11) is 1.16. The van der Waals surface area contributed by atoms with E-state index in [0.29, 0.717) is 39.0 Å². The summed E-state index contributed by atoms with van der Waals surface area (Å²) >= 11 is 0. The number of hydrogen-bond donors (Lipinski definition) is 1. The van der Waals surface area contributed by atoms with Gasteiger partial charge in [-0.1, -0.05) is 0 Å². The Bertz CT molecular complexity index is 389. The summed E-state index contributed by atoms with van der Waals surface area (Å²) in [6.45, 7) is 1.60. The second kappa shape index (κ2) is 7.18. The molecule has 1 N–H and O–H groups in total. The van der Waals surface area contributed by atoms with Gasteiger partial charge in [0.15, 0.2) is 0 Å². The van der Waals surface area contributed by atoms with E-state index in [2.05, 4.69) is 4.72 Å². The van der Waals surface area contributed by atoms with Gasteiger partial charge in [-0.25, -0.2) is 0 Å². The standard InChI is InChI=1S/C11H23N3O4S/c1-13(2)19(16,17)12-10-4-7-14(8-5-10)11(15)6-9-18-3/h10,12H,4-9H2,1-3H3. The van der Waals surface area contributed by atoms with Crippen molar-refractivity contribution in [1.82, 2.24) is 13.9 Å². The molecule has 1 heterocycles. The molecule has 1 saturated heterocycles. The molecule has 8 heteroatoms. The Morgan fingerprint density at radius 1 is 1.37 bits per heavy atom. The van der Waals surface area contributed by atoms with Crippen molar-refractivity contribution >= 4 is 16.1 Å². The van der Waals surface area contributed by atoms with Crippen LogP contribution in [-0.2, 0) is 19.7 Å². The topological polar surface area (TPSA) is 79.0 Å². The first-order valence-corrected chi connectivity index (χ1v) is 7.77. The Labute approximate surface area is 115 Å². The number of amides is 1. The van der Waals surface area contributed by atoms with Crippen LogP contribution in [0.15, 0.2) is 0 Å². The summed E-state index contributed by atoms with van der Waals surface area (Å²) in [5, 5.41) is 0. The molecule has 1 fully saturated rings. The summed E-state index contributed by atoms with van der Waals surface area (Å²) in [6, 6.07) is -0.0983. The minimum absolute atomic E-state index is 0.0655. The molecule has 0 unspecified atom stereocenters. The van der Waals surface area contributed by atoms with Crippen molar-refractivity contribution in [2.24, 2.45) is 0 Å².